The number of carbonyl (C=O) groups excluding carboxylic acids is 2. The van der Waals surface area contributed by atoms with E-state index in [0.29, 0.717) is 18.7 Å². The summed E-state index contributed by atoms with van der Waals surface area (Å²) in [7, 11) is 0. The Morgan fingerprint density at radius 2 is 1.52 bits per heavy atom. The molecule has 176 valence electrons. The molecular formula is C28H37N3O2. The SMILES string of the molecule is Cc1ccc(C(=O)N2CCC[C@@H](C(=O)NCc3ccc(CN4CCCCCC4)cc3)C2)cc1. The van der Waals surface area contributed by atoms with E-state index in [1.54, 1.807) is 0 Å². The zero-order valence-corrected chi connectivity index (χ0v) is 19.9. The summed E-state index contributed by atoms with van der Waals surface area (Å²) in [6.07, 6.45) is 7.01. The molecule has 5 nitrogen and oxygen atoms in total. The van der Waals surface area contributed by atoms with E-state index in [4.69, 9.17) is 0 Å². The Bertz CT molecular complexity index is 915. The van der Waals surface area contributed by atoms with Crippen molar-refractivity contribution >= 4 is 11.8 Å². The Hall–Kier alpha value is -2.66. The van der Waals surface area contributed by atoms with Crippen molar-refractivity contribution in [3.8, 4) is 0 Å². The normalized spacial score (nSPS) is 19.7. The second-order valence-corrected chi connectivity index (χ2v) is 9.68. The van der Waals surface area contributed by atoms with Crippen LogP contribution in [0.1, 0.15) is 65.6 Å². The van der Waals surface area contributed by atoms with Crippen LogP contribution >= 0.6 is 0 Å². The Morgan fingerprint density at radius 1 is 0.848 bits per heavy atom. The number of benzene rings is 2. The molecule has 4 rings (SSSR count). The molecule has 2 fully saturated rings. The summed E-state index contributed by atoms with van der Waals surface area (Å²) in [4.78, 5) is 30.1. The molecule has 0 saturated carbocycles. The van der Waals surface area contributed by atoms with Crippen LogP contribution in [0, 0.1) is 12.8 Å². The van der Waals surface area contributed by atoms with E-state index >= 15 is 0 Å². The van der Waals surface area contributed by atoms with Crippen molar-refractivity contribution < 1.29 is 9.59 Å². The van der Waals surface area contributed by atoms with Gasteiger partial charge in [0.15, 0.2) is 0 Å². The number of hydrogen-bond donors (Lipinski definition) is 1. The van der Waals surface area contributed by atoms with Gasteiger partial charge in [-0.05, 0) is 69.0 Å². The number of aryl methyl sites for hydroxylation is 1. The van der Waals surface area contributed by atoms with Gasteiger partial charge in [0, 0.05) is 31.7 Å². The summed E-state index contributed by atoms with van der Waals surface area (Å²) in [5, 5.41) is 3.10. The Labute approximate surface area is 198 Å². The zero-order chi connectivity index (χ0) is 23.0. The van der Waals surface area contributed by atoms with Gasteiger partial charge < -0.3 is 10.2 Å². The van der Waals surface area contributed by atoms with Crippen molar-refractivity contribution in [3.05, 3.63) is 70.8 Å². The first-order valence-corrected chi connectivity index (χ1v) is 12.5. The molecule has 1 atom stereocenters. The molecule has 1 N–H and O–H groups in total. The quantitative estimate of drug-likeness (QED) is 0.707. The molecule has 0 bridgehead atoms. The monoisotopic (exact) mass is 447 g/mol. The summed E-state index contributed by atoms with van der Waals surface area (Å²) in [5.41, 5.74) is 4.29. The van der Waals surface area contributed by atoms with Gasteiger partial charge in [-0.25, -0.2) is 0 Å². The molecular weight excluding hydrogens is 410 g/mol. The van der Waals surface area contributed by atoms with Crippen molar-refractivity contribution in [3.63, 3.8) is 0 Å². The minimum Gasteiger partial charge on any atom is -0.352 e. The molecule has 2 saturated heterocycles. The third kappa shape index (κ3) is 6.67. The zero-order valence-electron chi connectivity index (χ0n) is 19.9. The summed E-state index contributed by atoms with van der Waals surface area (Å²) in [6.45, 7) is 7.16. The molecule has 0 aliphatic carbocycles. The summed E-state index contributed by atoms with van der Waals surface area (Å²) in [5.74, 6) is -0.0759. The van der Waals surface area contributed by atoms with Crippen LogP contribution < -0.4 is 5.32 Å². The summed E-state index contributed by atoms with van der Waals surface area (Å²) in [6, 6.07) is 16.3. The maximum Gasteiger partial charge on any atom is 0.253 e. The van der Waals surface area contributed by atoms with Crippen LogP contribution in [0.5, 0.6) is 0 Å². The molecule has 33 heavy (non-hydrogen) atoms. The van der Waals surface area contributed by atoms with E-state index in [1.807, 2.05) is 36.1 Å². The van der Waals surface area contributed by atoms with Gasteiger partial charge in [-0.3, -0.25) is 14.5 Å². The predicted molar refractivity (Wildman–Crippen MR) is 132 cm³/mol. The van der Waals surface area contributed by atoms with Crippen LogP contribution in [0.4, 0.5) is 0 Å². The predicted octanol–water partition coefficient (Wildman–Crippen LogP) is 4.54. The largest absolute Gasteiger partial charge is 0.352 e. The fourth-order valence-electron chi connectivity index (χ4n) is 4.90. The van der Waals surface area contributed by atoms with Crippen molar-refractivity contribution in [1.29, 1.82) is 0 Å². The lowest BCUT2D eigenvalue weighted by Crippen LogP contribution is -2.45. The van der Waals surface area contributed by atoms with Gasteiger partial charge in [0.1, 0.15) is 0 Å². The highest BCUT2D eigenvalue weighted by molar-refractivity contribution is 5.94. The number of hydrogen-bond acceptors (Lipinski definition) is 3. The number of nitrogens with zero attached hydrogens (tertiary/aromatic N) is 2. The number of nitrogens with one attached hydrogen (secondary N) is 1. The van der Waals surface area contributed by atoms with E-state index in [1.165, 1.54) is 44.3 Å². The molecule has 2 aliphatic rings. The first-order valence-electron chi connectivity index (χ1n) is 12.5. The van der Waals surface area contributed by atoms with E-state index in [9.17, 15) is 9.59 Å². The molecule has 2 aliphatic heterocycles. The molecule has 2 aromatic carbocycles. The highest BCUT2D eigenvalue weighted by Crippen LogP contribution is 2.20. The van der Waals surface area contributed by atoms with Crippen molar-refractivity contribution in [1.82, 2.24) is 15.1 Å². The second-order valence-electron chi connectivity index (χ2n) is 9.68. The minimum absolute atomic E-state index is 0.0208. The second kappa shape index (κ2) is 11.5. The Kier molecular flexibility index (Phi) is 8.16. The number of piperidine rings is 1. The lowest BCUT2D eigenvalue weighted by atomic mass is 9.96. The van der Waals surface area contributed by atoms with Gasteiger partial charge >= 0.3 is 0 Å². The third-order valence-corrected chi connectivity index (χ3v) is 6.97. The van der Waals surface area contributed by atoms with Crippen molar-refractivity contribution in [2.24, 2.45) is 5.92 Å². The highest BCUT2D eigenvalue weighted by atomic mass is 16.2. The van der Waals surface area contributed by atoms with Gasteiger partial charge in [0.2, 0.25) is 5.91 Å². The Morgan fingerprint density at radius 3 is 2.21 bits per heavy atom. The third-order valence-electron chi connectivity index (χ3n) is 6.97. The lowest BCUT2D eigenvalue weighted by Gasteiger charge is -2.32. The number of amides is 2. The lowest BCUT2D eigenvalue weighted by molar-refractivity contribution is -0.126. The first kappa shape index (κ1) is 23.5. The first-order chi connectivity index (χ1) is 16.1. The van der Waals surface area contributed by atoms with E-state index in [-0.39, 0.29) is 17.7 Å². The average molecular weight is 448 g/mol. The molecule has 0 aromatic heterocycles. The van der Waals surface area contributed by atoms with E-state index in [2.05, 4.69) is 34.5 Å². The fraction of sp³-hybridized carbons (Fsp3) is 0.500. The highest BCUT2D eigenvalue weighted by Gasteiger charge is 2.28. The van der Waals surface area contributed by atoms with Crippen LogP contribution in [0.3, 0.4) is 0 Å². The van der Waals surface area contributed by atoms with Crippen molar-refractivity contribution in [2.45, 2.75) is 58.5 Å². The molecule has 2 heterocycles. The molecule has 0 spiro atoms. The number of rotatable bonds is 6. The van der Waals surface area contributed by atoms with Gasteiger partial charge in [0.25, 0.3) is 5.91 Å². The van der Waals surface area contributed by atoms with Gasteiger partial charge in [-0.1, -0.05) is 54.8 Å². The van der Waals surface area contributed by atoms with Crippen LogP contribution in [0.2, 0.25) is 0 Å². The van der Waals surface area contributed by atoms with Gasteiger partial charge in [-0.2, -0.15) is 0 Å². The molecule has 5 heteroatoms. The van der Waals surface area contributed by atoms with Crippen LogP contribution in [-0.4, -0.2) is 47.8 Å². The number of likely N-dealkylation sites (tertiary alicyclic amines) is 2. The molecule has 0 radical (unpaired) electrons. The standard InChI is InChI=1S/C28H37N3O2/c1-22-8-14-25(15-9-22)28(33)31-18-6-7-26(21-31)27(32)29-19-23-10-12-24(13-11-23)20-30-16-4-2-3-5-17-30/h8-15,26H,2-7,16-21H2,1H3,(H,29,32)/t26-/m1/s1. The van der Waals surface area contributed by atoms with Crippen LogP contribution in [0.15, 0.2) is 48.5 Å². The smallest absolute Gasteiger partial charge is 0.253 e. The van der Waals surface area contributed by atoms with E-state index in [0.717, 1.165) is 37.1 Å². The molecule has 0 unspecified atom stereocenters. The average Bonchev–Trinajstić information content (AvgIpc) is 3.12. The topological polar surface area (TPSA) is 52.7 Å². The molecule has 2 aromatic rings. The van der Waals surface area contributed by atoms with Gasteiger partial charge in [-0.15, -0.1) is 0 Å². The summed E-state index contributed by atoms with van der Waals surface area (Å²) < 4.78 is 0. The maximum absolute atomic E-state index is 12.8. The number of carbonyl (C=O) groups is 2. The molecule has 2 amide bonds. The fourth-order valence-corrected chi connectivity index (χ4v) is 4.90. The van der Waals surface area contributed by atoms with Crippen LogP contribution in [-0.2, 0) is 17.9 Å². The van der Waals surface area contributed by atoms with Crippen LogP contribution in [0.25, 0.3) is 0 Å². The minimum atomic E-state index is -0.143. The van der Waals surface area contributed by atoms with Gasteiger partial charge in [0.05, 0.1) is 5.92 Å². The summed E-state index contributed by atoms with van der Waals surface area (Å²) >= 11 is 0. The maximum atomic E-state index is 12.8. The Balaban J connectivity index is 1.25. The van der Waals surface area contributed by atoms with E-state index < -0.39 is 0 Å². The van der Waals surface area contributed by atoms with Crippen molar-refractivity contribution in [2.75, 3.05) is 26.2 Å².